The maximum absolute atomic E-state index is 13.1. The summed E-state index contributed by atoms with van der Waals surface area (Å²) < 4.78 is 42.5. The lowest BCUT2D eigenvalue weighted by molar-refractivity contribution is -0.207. The Morgan fingerprint density at radius 1 is 1.16 bits per heavy atom. The smallest absolute Gasteiger partial charge is 0.382 e. The average Bonchev–Trinajstić information content (AvgIpc) is 3.31. The first-order valence-corrected chi connectivity index (χ1v) is 12.2. The lowest BCUT2D eigenvalue weighted by atomic mass is 10.0. The minimum atomic E-state index is -4.91. The number of nitrogens with zero attached hydrogens (tertiary/aromatic N) is 7. The fourth-order valence-electron chi connectivity index (χ4n) is 4.04. The van der Waals surface area contributed by atoms with E-state index in [4.69, 9.17) is 17.3 Å². The highest BCUT2D eigenvalue weighted by Gasteiger charge is 2.39. The van der Waals surface area contributed by atoms with E-state index in [0.717, 1.165) is 40.5 Å². The van der Waals surface area contributed by atoms with Gasteiger partial charge in [0.15, 0.2) is 17.8 Å². The van der Waals surface area contributed by atoms with Crippen LogP contribution in [0, 0.1) is 0 Å². The number of aliphatic hydroxyl groups excluding tert-OH is 1. The quantitative estimate of drug-likeness (QED) is 0.329. The van der Waals surface area contributed by atoms with Gasteiger partial charge in [-0.25, -0.2) is 19.1 Å². The summed E-state index contributed by atoms with van der Waals surface area (Å²) in [6, 6.07) is 7.98. The zero-order valence-corrected chi connectivity index (χ0v) is 20.8. The molecule has 0 bridgehead atoms. The van der Waals surface area contributed by atoms with Gasteiger partial charge in [0.05, 0.1) is 18.4 Å². The number of hydrogen-bond donors (Lipinski definition) is 2. The molecule has 1 saturated carbocycles. The molecule has 0 spiro atoms. The molecule has 0 amide bonds. The van der Waals surface area contributed by atoms with Crippen molar-refractivity contribution < 1.29 is 18.3 Å². The van der Waals surface area contributed by atoms with E-state index in [-0.39, 0.29) is 23.7 Å². The molecule has 1 atom stereocenters. The predicted octanol–water partition coefficient (Wildman–Crippen LogP) is 2.74. The molecule has 0 unspecified atom stereocenters. The highest BCUT2D eigenvalue weighted by Crippen LogP contribution is 2.37. The van der Waals surface area contributed by atoms with E-state index in [9.17, 15) is 23.1 Å². The summed E-state index contributed by atoms with van der Waals surface area (Å²) in [5.74, 6) is 0.155. The zero-order chi connectivity index (χ0) is 27.1. The van der Waals surface area contributed by atoms with Crippen molar-refractivity contribution >= 4 is 11.6 Å². The van der Waals surface area contributed by atoms with Crippen molar-refractivity contribution in [3.05, 3.63) is 75.9 Å². The van der Waals surface area contributed by atoms with Gasteiger partial charge in [-0.3, -0.25) is 9.55 Å². The molecule has 10 nitrogen and oxygen atoms in total. The molecule has 38 heavy (non-hydrogen) atoms. The maximum Gasteiger partial charge on any atom is 0.416 e. The average molecular weight is 549 g/mol. The molecule has 1 fully saturated rings. The van der Waals surface area contributed by atoms with Gasteiger partial charge in [-0.1, -0.05) is 11.6 Å². The van der Waals surface area contributed by atoms with Crippen LogP contribution in [0.1, 0.15) is 30.7 Å². The predicted molar refractivity (Wildman–Crippen MR) is 132 cm³/mol. The van der Waals surface area contributed by atoms with Crippen LogP contribution in [-0.4, -0.2) is 57.0 Å². The van der Waals surface area contributed by atoms with Crippen LogP contribution in [0.2, 0.25) is 5.02 Å². The molecule has 0 saturated heterocycles. The van der Waals surface area contributed by atoms with Gasteiger partial charge in [0.2, 0.25) is 0 Å². The lowest BCUT2D eigenvalue weighted by Gasteiger charge is -2.15. The van der Waals surface area contributed by atoms with Crippen molar-refractivity contribution in [1.82, 2.24) is 34.1 Å². The van der Waals surface area contributed by atoms with Crippen LogP contribution >= 0.6 is 11.6 Å². The van der Waals surface area contributed by atoms with Gasteiger partial charge in [0.25, 0.3) is 0 Å². The third-order valence-electron chi connectivity index (χ3n) is 6.51. The second-order valence-corrected chi connectivity index (χ2v) is 9.85. The van der Waals surface area contributed by atoms with E-state index < -0.39 is 24.5 Å². The summed E-state index contributed by atoms with van der Waals surface area (Å²) in [5.41, 5.74) is 7.31. The minimum Gasteiger partial charge on any atom is -0.382 e. The first-order chi connectivity index (χ1) is 18.0. The van der Waals surface area contributed by atoms with Crippen molar-refractivity contribution in [3.63, 3.8) is 0 Å². The highest BCUT2D eigenvalue weighted by molar-refractivity contribution is 6.30. The number of rotatable bonds is 9. The standard InChI is InChI=1S/C24H24ClF3N8O2/c25-17-3-1-16(2-4-17)21-33-35(22(38)34(21)12-19(37)24(26,27)28)13-20-31-14-36(32-20)18-11-30-10-6-15(18)5-7-23(29)8-9-23/h1-4,6,10-11,14,19,37H,5,7-9,12-13,29H2/t19-/m0/s1. The SMILES string of the molecule is NC1(CCc2ccncc2-n2cnc(Cn3nc(-c4ccc(Cl)cc4)n(C[C@H](O)C(F)(F)F)c3=O)n2)CC1. The molecular weight excluding hydrogens is 525 g/mol. The second kappa shape index (κ2) is 9.97. The number of halogens is 4. The van der Waals surface area contributed by atoms with Gasteiger partial charge >= 0.3 is 11.9 Å². The van der Waals surface area contributed by atoms with Gasteiger partial charge < -0.3 is 10.8 Å². The Labute approximate surface area is 219 Å². The van der Waals surface area contributed by atoms with E-state index in [0.29, 0.717) is 16.3 Å². The van der Waals surface area contributed by atoms with Gasteiger partial charge in [-0.15, -0.1) is 10.2 Å². The monoisotopic (exact) mass is 548 g/mol. The van der Waals surface area contributed by atoms with Crippen LogP contribution in [0.5, 0.6) is 0 Å². The van der Waals surface area contributed by atoms with E-state index in [1.165, 1.54) is 35.3 Å². The third kappa shape index (κ3) is 5.64. The van der Waals surface area contributed by atoms with Crippen LogP contribution in [0.25, 0.3) is 17.1 Å². The molecule has 3 heterocycles. The molecular formula is C24H24ClF3N8O2. The number of aliphatic hydroxyl groups is 1. The van der Waals surface area contributed by atoms with E-state index in [1.807, 2.05) is 6.07 Å². The summed E-state index contributed by atoms with van der Waals surface area (Å²) >= 11 is 5.92. The van der Waals surface area contributed by atoms with Crippen LogP contribution in [0.4, 0.5) is 13.2 Å². The Morgan fingerprint density at radius 3 is 2.58 bits per heavy atom. The molecule has 0 aliphatic heterocycles. The molecule has 1 aliphatic carbocycles. The van der Waals surface area contributed by atoms with Crippen LogP contribution in [-0.2, 0) is 19.5 Å². The summed E-state index contributed by atoms with van der Waals surface area (Å²) in [7, 11) is 0. The van der Waals surface area contributed by atoms with E-state index in [1.54, 1.807) is 12.4 Å². The van der Waals surface area contributed by atoms with E-state index >= 15 is 0 Å². The van der Waals surface area contributed by atoms with Gasteiger partial charge in [0, 0.05) is 22.3 Å². The Balaban J connectivity index is 1.43. The van der Waals surface area contributed by atoms with Gasteiger partial charge in [-0.05, 0) is 61.6 Å². The minimum absolute atomic E-state index is 0.0558. The van der Waals surface area contributed by atoms with Crippen molar-refractivity contribution in [2.75, 3.05) is 0 Å². The zero-order valence-electron chi connectivity index (χ0n) is 20.0. The molecule has 0 radical (unpaired) electrons. The lowest BCUT2D eigenvalue weighted by Crippen LogP contribution is -2.37. The highest BCUT2D eigenvalue weighted by atomic mass is 35.5. The fourth-order valence-corrected chi connectivity index (χ4v) is 4.17. The van der Waals surface area contributed by atoms with Crippen molar-refractivity contribution in [2.24, 2.45) is 5.73 Å². The number of aryl methyl sites for hydroxylation is 1. The number of pyridine rings is 1. The number of hydrogen-bond acceptors (Lipinski definition) is 7. The summed E-state index contributed by atoms with van der Waals surface area (Å²) in [5, 5.41) is 18.7. The Bertz CT molecular complexity index is 1490. The van der Waals surface area contributed by atoms with Gasteiger partial charge in [0.1, 0.15) is 12.9 Å². The Kier molecular flexibility index (Phi) is 6.84. The summed E-state index contributed by atoms with van der Waals surface area (Å²) in [4.78, 5) is 21.5. The fraction of sp³-hybridized carbons (Fsp3) is 0.375. The van der Waals surface area contributed by atoms with Crippen molar-refractivity contribution in [1.29, 1.82) is 0 Å². The summed E-state index contributed by atoms with van der Waals surface area (Å²) in [6.45, 7) is -1.23. The van der Waals surface area contributed by atoms with Crippen molar-refractivity contribution in [3.8, 4) is 17.1 Å². The first kappa shape index (κ1) is 26.1. The maximum atomic E-state index is 13.1. The molecule has 4 aromatic rings. The van der Waals surface area contributed by atoms with Crippen LogP contribution < -0.4 is 11.4 Å². The van der Waals surface area contributed by atoms with Crippen molar-refractivity contribution in [2.45, 2.75) is 56.6 Å². The molecule has 200 valence electrons. The Morgan fingerprint density at radius 2 is 1.89 bits per heavy atom. The van der Waals surface area contributed by atoms with Crippen LogP contribution in [0.15, 0.2) is 53.8 Å². The number of benzene rings is 1. The normalized spacial score (nSPS) is 15.5. The summed E-state index contributed by atoms with van der Waals surface area (Å²) in [6.07, 6.45) is 0.711. The largest absolute Gasteiger partial charge is 0.416 e. The molecule has 1 aliphatic rings. The molecule has 14 heteroatoms. The van der Waals surface area contributed by atoms with E-state index in [2.05, 4.69) is 20.2 Å². The molecule has 3 aromatic heterocycles. The number of aromatic nitrogens is 7. The number of alkyl halides is 3. The second-order valence-electron chi connectivity index (χ2n) is 9.41. The topological polar surface area (TPSA) is 130 Å². The molecule has 1 aromatic carbocycles. The third-order valence-corrected chi connectivity index (χ3v) is 6.76. The van der Waals surface area contributed by atoms with Gasteiger partial charge in [-0.2, -0.15) is 13.2 Å². The number of nitrogens with two attached hydrogens (primary N) is 1. The Hall–Kier alpha value is -3.55. The van der Waals surface area contributed by atoms with Crippen LogP contribution in [0.3, 0.4) is 0 Å². The molecule has 3 N–H and O–H groups in total. The molecule has 5 rings (SSSR count). The first-order valence-electron chi connectivity index (χ1n) is 11.8.